The molecule has 2 unspecified atom stereocenters. The van der Waals surface area contributed by atoms with Crippen molar-refractivity contribution in [3.8, 4) is 0 Å². The summed E-state index contributed by atoms with van der Waals surface area (Å²) in [5, 5.41) is 0. The van der Waals surface area contributed by atoms with Gasteiger partial charge in [-0.25, -0.2) is 0 Å². The van der Waals surface area contributed by atoms with Crippen LogP contribution in [0.15, 0.2) is 23.3 Å². The first-order valence-electron chi connectivity index (χ1n) is 11.1. The molecule has 0 aromatic rings. The lowest BCUT2D eigenvalue weighted by Gasteiger charge is -2.32. The Balaban J connectivity index is 5.69. The largest absolute Gasteiger partial charge is 0.366 e. The number of hydrogen-bond acceptors (Lipinski definition) is 1. The van der Waals surface area contributed by atoms with Crippen LogP contribution >= 0.6 is 0 Å². The third kappa shape index (κ3) is 8.58. The van der Waals surface area contributed by atoms with Gasteiger partial charge in [0.15, 0.2) is 0 Å². The molecule has 0 radical (unpaired) electrons. The molecule has 0 aromatic carbocycles. The zero-order valence-electron chi connectivity index (χ0n) is 18.5. The molecule has 0 saturated carbocycles. The van der Waals surface area contributed by atoms with Crippen molar-refractivity contribution >= 4 is 0 Å². The van der Waals surface area contributed by atoms with Gasteiger partial charge in [0.1, 0.15) is 0 Å². The van der Waals surface area contributed by atoms with Gasteiger partial charge >= 0.3 is 0 Å². The number of ether oxygens (including phenoxy) is 1. The number of hydrogen-bond donors (Lipinski definition) is 0. The van der Waals surface area contributed by atoms with E-state index in [4.69, 9.17) is 4.74 Å². The molecule has 1 heteroatoms. The molecule has 0 heterocycles. The van der Waals surface area contributed by atoms with Crippen molar-refractivity contribution in [3.63, 3.8) is 0 Å². The van der Waals surface area contributed by atoms with Crippen LogP contribution in [-0.2, 0) is 4.74 Å². The Morgan fingerprint density at radius 2 is 0.840 bits per heavy atom. The summed E-state index contributed by atoms with van der Waals surface area (Å²) in [6, 6.07) is 0. The van der Waals surface area contributed by atoms with Crippen LogP contribution in [0.4, 0.5) is 0 Å². The van der Waals surface area contributed by atoms with Gasteiger partial charge in [0.25, 0.3) is 0 Å². The second-order valence-electron chi connectivity index (χ2n) is 7.28. The quantitative estimate of drug-likeness (QED) is 0.287. The zero-order valence-corrected chi connectivity index (χ0v) is 18.5. The second-order valence-corrected chi connectivity index (χ2v) is 7.28. The summed E-state index contributed by atoms with van der Waals surface area (Å²) >= 11 is 0. The van der Waals surface area contributed by atoms with Gasteiger partial charge < -0.3 is 4.74 Å². The number of allylic oxidation sites excluding steroid dienone is 2. The maximum absolute atomic E-state index is 6.85. The van der Waals surface area contributed by atoms with Crippen LogP contribution in [0, 0.1) is 11.8 Å². The van der Waals surface area contributed by atoms with Crippen molar-refractivity contribution < 1.29 is 4.74 Å². The molecule has 25 heavy (non-hydrogen) atoms. The monoisotopic (exact) mass is 350 g/mol. The van der Waals surface area contributed by atoms with Crippen molar-refractivity contribution in [1.82, 2.24) is 0 Å². The molecule has 0 bridgehead atoms. The predicted molar refractivity (Wildman–Crippen MR) is 114 cm³/mol. The molecular weight excluding hydrogens is 304 g/mol. The van der Waals surface area contributed by atoms with Gasteiger partial charge in [-0.15, -0.1) is 0 Å². The van der Waals surface area contributed by atoms with Crippen molar-refractivity contribution in [2.75, 3.05) is 0 Å². The van der Waals surface area contributed by atoms with Crippen LogP contribution in [0.2, 0.25) is 0 Å². The first-order valence-corrected chi connectivity index (χ1v) is 11.1. The minimum atomic E-state index is 0.252. The first-order chi connectivity index (χ1) is 12.0. The Morgan fingerprint density at radius 3 is 1.04 bits per heavy atom. The summed E-state index contributed by atoms with van der Waals surface area (Å²) in [5.41, 5.74) is 3.07. The molecule has 1 nitrogen and oxygen atoms in total. The molecule has 0 N–H and O–H groups in total. The fraction of sp³-hybridized carbons (Fsp3) is 0.833. The zero-order chi connectivity index (χ0) is 19.2. The van der Waals surface area contributed by atoms with Crippen molar-refractivity contribution in [3.05, 3.63) is 23.3 Å². The van der Waals surface area contributed by atoms with Crippen LogP contribution in [-0.4, -0.2) is 12.2 Å². The Morgan fingerprint density at radius 1 is 0.560 bits per heavy atom. The third-order valence-electron chi connectivity index (χ3n) is 5.96. The molecular formula is C24H46O. The molecule has 0 spiro atoms. The standard InChI is InChI=1S/C24H46O/c1-9-19(10-2)17-23(21(13-5)14-6)25-24(22(15-7)16-8)18-20(11-3)12-4/h17-18,21-24H,9-16H2,1-8H3. The lowest BCUT2D eigenvalue weighted by molar-refractivity contribution is -0.0247. The molecule has 0 rings (SSSR count). The molecule has 0 aromatic heterocycles. The molecule has 148 valence electrons. The van der Waals surface area contributed by atoms with E-state index in [9.17, 15) is 0 Å². The molecule has 0 saturated heterocycles. The highest BCUT2D eigenvalue weighted by atomic mass is 16.5. The van der Waals surface area contributed by atoms with E-state index in [1.807, 2.05) is 0 Å². The normalized spacial score (nSPS) is 13.8. The van der Waals surface area contributed by atoms with Crippen LogP contribution in [0.3, 0.4) is 0 Å². The van der Waals surface area contributed by atoms with Gasteiger partial charge in [-0.1, -0.05) is 104 Å². The average molecular weight is 351 g/mol. The topological polar surface area (TPSA) is 9.23 Å². The SMILES string of the molecule is CCC(=CC(OC(C=C(CC)CC)C(CC)CC)C(CC)CC)CC. The van der Waals surface area contributed by atoms with E-state index in [2.05, 4.69) is 67.5 Å². The Labute approximate surface area is 159 Å². The maximum atomic E-state index is 6.85. The Hall–Kier alpha value is -0.560. The summed E-state index contributed by atoms with van der Waals surface area (Å²) in [4.78, 5) is 0. The molecule has 2 atom stereocenters. The van der Waals surface area contributed by atoms with E-state index in [-0.39, 0.29) is 12.2 Å². The minimum Gasteiger partial charge on any atom is -0.366 e. The fourth-order valence-electron chi connectivity index (χ4n) is 3.70. The van der Waals surface area contributed by atoms with Gasteiger partial charge in [0.2, 0.25) is 0 Å². The van der Waals surface area contributed by atoms with Gasteiger partial charge in [0.05, 0.1) is 12.2 Å². The van der Waals surface area contributed by atoms with Crippen molar-refractivity contribution in [1.29, 1.82) is 0 Å². The molecule has 0 aliphatic heterocycles. The summed E-state index contributed by atoms with van der Waals surface area (Å²) in [7, 11) is 0. The maximum Gasteiger partial charge on any atom is 0.0794 e. The third-order valence-corrected chi connectivity index (χ3v) is 5.96. The van der Waals surface area contributed by atoms with Crippen molar-refractivity contribution in [2.45, 2.75) is 119 Å². The summed E-state index contributed by atoms with van der Waals surface area (Å²) in [6.45, 7) is 18.3. The van der Waals surface area contributed by atoms with E-state index in [1.54, 1.807) is 0 Å². The van der Waals surface area contributed by atoms with E-state index in [1.165, 1.54) is 36.8 Å². The van der Waals surface area contributed by atoms with Crippen LogP contribution in [0.5, 0.6) is 0 Å². The highest BCUT2D eigenvalue weighted by Crippen LogP contribution is 2.28. The summed E-state index contributed by atoms with van der Waals surface area (Å²) < 4.78 is 6.85. The summed E-state index contributed by atoms with van der Waals surface area (Å²) in [6.07, 6.45) is 14.7. The van der Waals surface area contributed by atoms with Crippen LogP contribution < -0.4 is 0 Å². The van der Waals surface area contributed by atoms with E-state index in [0.717, 1.165) is 25.7 Å². The Kier molecular flexibility index (Phi) is 14.3. The molecule has 0 fully saturated rings. The first kappa shape index (κ1) is 24.4. The molecule has 0 aliphatic carbocycles. The van der Waals surface area contributed by atoms with Gasteiger partial charge in [-0.05, 0) is 37.5 Å². The van der Waals surface area contributed by atoms with Crippen molar-refractivity contribution in [2.24, 2.45) is 11.8 Å². The van der Waals surface area contributed by atoms with Gasteiger partial charge in [-0.3, -0.25) is 0 Å². The highest BCUT2D eigenvalue weighted by Gasteiger charge is 2.25. The lowest BCUT2D eigenvalue weighted by atomic mass is 9.90. The molecule has 0 aliphatic rings. The average Bonchev–Trinajstić information content (AvgIpc) is 2.65. The number of rotatable bonds is 14. The summed E-state index contributed by atoms with van der Waals surface area (Å²) in [5.74, 6) is 1.23. The fourth-order valence-corrected chi connectivity index (χ4v) is 3.70. The van der Waals surface area contributed by atoms with Crippen LogP contribution in [0.25, 0.3) is 0 Å². The Bertz CT molecular complexity index is 324. The van der Waals surface area contributed by atoms with E-state index in [0.29, 0.717) is 11.8 Å². The molecule has 0 amide bonds. The highest BCUT2D eigenvalue weighted by molar-refractivity contribution is 5.09. The van der Waals surface area contributed by atoms with Crippen LogP contribution in [0.1, 0.15) is 107 Å². The van der Waals surface area contributed by atoms with Gasteiger partial charge in [-0.2, -0.15) is 0 Å². The van der Waals surface area contributed by atoms with E-state index < -0.39 is 0 Å². The minimum absolute atomic E-state index is 0.252. The second kappa shape index (κ2) is 14.6. The lowest BCUT2D eigenvalue weighted by Crippen LogP contribution is -2.31. The smallest absolute Gasteiger partial charge is 0.0794 e. The predicted octanol–water partition coefficient (Wildman–Crippen LogP) is 8.11. The van der Waals surface area contributed by atoms with E-state index >= 15 is 0 Å². The van der Waals surface area contributed by atoms with Gasteiger partial charge in [0, 0.05) is 0 Å².